The van der Waals surface area contributed by atoms with E-state index in [2.05, 4.69) is 23.1 Å². The molecule has 2 aromatic heterocycles. The normalized spacial score (nSPS) is 12.2. The molecular formula is C13H15N3. The first-order valence-corrected chi connectivity index (χ1v) is 5.50. The van der Waals surface area contributed by atoms with Crippen molar-refractivity contribution in [1.82, 2.24) is 9.38 Å². The summed E-state index contributed by atoms with van der Waals surface area (Å²) >= 11 is 0. The SMILES string of the molecule is C#CC(CCC)Nc1cccc2nccn12. The van der Waals surface area contributed by atoms with Crippen LogP contribution in [0.15, 0.2) is 30.6 Å². The molecule has 2 heterocycles. The minimum atomic E-state index is 0.0815. The highest BCUT2D eigenvalue weighted by Gasteiger charge is 2.05. The van der Waals surface area contributed by atoms with Gasteiger partial charge in [0, 0.05) is 12.4 Å². The Bertz CT molecular complexity index is 507. The van der Waals surface area contributed by atoms with Crippen LogP contribution in [0.5, 0.6) is 0 Å². The minimum Gasteiger partial charge on any atom is -0.358 e. The van der Waals surface area contributed by atoms with E-state index in [9.17, 15) is 0 Å². The molecule has 1 atom stereocenters. The summed E-state index contributed by atoms with van der Waals surface area (Å²) in [5, 5.41) is 3.35. The number of terminal acetylenes is 1. The molecule has 3 heteroatoms. The number of aromatic nitrogens is 2. The lowest BCUT2D eigenvalue weighted by Crippen LogP contribution is -2.18. The summed E-state index contributed by atoms with van der Waals surface area (Å²) < 4.78 is 2.00. The van der Waals surface area contributed by atoms with E-state index in [1.807, 2.05) is 28.8 Å². The fraction of sp³-hybridized carbons (Fsp3) is 0.308. The van der Waals surface area contributed by atoms with Crippen LogP contribution < -0.4 is 5.32 Å². The molecule has 0 saturated heterocycles. The van der Waals surface area contributed by atoms with Crippen LogP contribution in [0.1, 0.15) is 19.8 Å². The van der Waals surface area contributed by atoms with Crippen LogP contribution in [0.3, 0.4) is 0 Å². The van der Waals surface area contributed by atoms with Crippen molar-refractivity contribution in [2.24, 2.45) is 0 Å². The van der Waals surface area contributed by atoms with Gasteiger partial charge in [-0.3, -0.25) is 4.40 Å². The predicted molar refractivity (Wildman–Crippen MR) is 66.3 cm³/mol. The number of fused-ring (bicyclic) bond motifs is 1. The second-order valence-electron chi connectivity index (χ2n) is 3.72. The molecule has 1 N–H and O–H groups in total. The Balaban J connectivity index is 2.26. The van der Waals surface area contributed by atoms with Gasteiger partial charge in [-0.15, -0.1) is 6.42 Å². The van der Waals surface area contributed by atoms with E-state index in [0.29, 0.717) is 0 Å². The van der Waals surface area contributed by atoms with E-state index in [1.54, 1.807) is 6.20 Å². The zero-order chi connectivity index (χ0) is 11.4. The summed E-state index contributed by atoms with van der Waals surface area (Å²) in [6, 6.07) is 6.03. The molecule has 0 radical (unpaired) electrons. The standard InChI is InChI=1S/C13H15N3/c1-3-6-11(4-2)15-13-8-5-7-12-14-9-10-16(12)13/h2,5,7-11,15H,3,6H2,1H3. The second-order valence-corrected chi connectivity index (χ2v) is 3.72. The van der Waals surface area contributed by atoms with Gasteiger partial charge in [-0.25, -0.2) is 4.98 Å². The van der Waals surface area contributed by atoms with Crippen LogP contribution in [-0.2, 0) is 0 Å². The molecule has 2 aromatic rings. The van der Waals surface area contributed by atoms with E-state index in [0.717, 1.165) is 24.3 Å². The van der Waals surface area contributed by atoms with Gasteiger partial charge in [0.2, 0.25) is 0 Å². The maximum absolute atomic E-state index is 5.49. The molecule has 0 aliphatic rings. The monoisotopic (exact) mass is 213 g/mol. The highest BCUT2D eigenvalue weighted by molar-refractivity contribution is 5.50. The van der Waals surface area contributed by atoms with Gasteiger partial charge in [0.25, 0.3) is 0 Å². The number of pyridine rings is 1. The van der Waals surface area contributed by atoms with Crippen LogP contribution >= 0.6 is 0 Å². The number of rotatable bonds is 4. The summed E-state index contributed by atoms with van der Waals surface area (Å²) in [4.78, 5) is 4.23. The minimum absolute atomic E-state index is 0.0815. The smallest absolute Gasteiger partial charge is 0.138 e. The van der Waals surface area contributed by atoms with Crippen LogP contribution in [0.4, 0.5) is 5.82 Å². The zero-order valence-corrected chi connectivity index (χ0v) is 9.35. The molecule has 0 bridgehead atoms. The van der Waals surface area contributed by atoms with Crippen molar-refractivity contribution in [3.05, 3.63) is 30.6 Å². The number of nitrogens with zero attached hydrogens (tertiary/aromatic N) is 2. The molecule has 0 saturated carbocycles. The lowest BCUT2D eigenvalue weighted by atomic mass is 10.2. The number of anilines is 1. The molecule has 0 spiro atoms. The Morgan fingerprint density at radius 2 is 2.44 bits per heavy atom. The van der Waals surface area contributed by atoms with E-state index in [4.69, 9.17) is 6.42 Å². The van der Waals surface area contributed by atoms with Crippen LogP contribution in [0.2, 0.25) is 0 Å². The molecule has 0 aliphatic carbocycles. The summed E-state index contributed by atoms with van der Waals surface area (Å²) in [7, 11) is 0. The quantitative estimate of drug-likeness (QED) is 0.791. The third-order valence-electron chi connectivity index (χ3n) is 2.53. The van der Waals surface area contributed by atoms with E-state index >= 15 is 0 Å². The second kappa shape index (κ2) is 4.71. The first-order valence-electron chi connectivity index (χ1n) is 5.50. The Labute approximate surface area is 95.5 Å². The molecule has 0 aromatic carbocycles. The summed E-state index contributed by atoms with van der Waals surface area (Å²) in [6.45, 7) is 2.13. The van der Waals surface area contributed by atoms with Gasteiger partial charge in [-0.05, 0) is 18.6 Å². The van der Waals surface area contributed by atoms with Crippen LogP contribution in [-0.4, -0.2) is 15.4 Å². The van der Waals surface area contributed by atoms with Gasteiger partial charge in [-0.1, -0.05) is 25.3 Å². The van der Waals surface area contributed by atoms with Crippen LogP contribution in [0.25, 0.3) is 5.65 Å². The fourth-order valence-corrected chi connectivity index (χ4v) is 1.73. The topological polar surface area (TPSA) is 29.3 Å². The van der Waals surface area contributed by atoms with Crippen molar-refractivity contribution in [3.63, 3.8) is 0 Å². The Morgan fingerprint density at radius 3 is 3.19 bits per heavy atom. The molecule has 2 rings (SSSR count). The fourth-order valence-electron chi connectivity index (χ4n) is 1.73. The summed E-state index contributed by atoms with van der Waals surface area (Å²) in [5.74, 6) is 3.76. The third kappa shape index (κ3) is 2.01. The lowest BCUT2D eigenvalue weighted by Gasteiger charge is -2.14. The largest absolute Gasteiger partial charge is 0.358 e. The number of imidazole rings is 1. The highest BCUT2D eigenvalue weighted by Crippen LogP contribution is 2.13. The van der Waals surface area contributed by atoms with Crippen molar-refractivity contribution in [1.29, 1.82) is 0 Å². The average molecular weight is 213 g/mol. The number of nitrogens with one attached hydrogen (secondary N) is 1. The Kier molecular flexibility index (Phi) is 3.11. The maximum Gasteiger partial charge on any atom is 0.138 e. The van der Waals surface area contributed by atoms with Crippen molar-refractivity contribution in [2.45, 2.75) is 25.8 Å². The molecule has 0 aliphatic heterocycles. The van der Waals surface area contributed by atoms with Crippen LogP contribution in [0, 0.1) is 12.3 Å². The van der Waals surface area contributed by atoms with Gasteiger partial charge in [0.05, 0.1) is 6.04 Å². The first kappa shape index (κ1) is 10.6. The molecule has 82 valence electrons. The molecular weight excluding hydrogens is 198 g/mol. The Hall–Kier alpha value is -1.95. The lowest BCUT2D eigenvalue weighted by molar-refractivity contribution is 0.751. The van der Waals surface area contributed by atoms with E-state index in [1.165, 1.54) is 0 Å². The number of hydrogen-bond acceptors (Lipinski definition) is 2. The van der Waals surface area contributed by atoms with Gasteiger partial charge in [-0.2, -0.15) is 0 Å². The molecule has 0 fully saturated rings. The van der Waals surface area contributed by atoms with Gasteiger partial charge in [0.1, 0.15) is 11.5 Å². The first-order chi connectivity index (χ1) is 7.85. The van der Waals surface area contributed by atoms with Crippen molar-refractivity contribution < 1.29 is 0 Å². The van der Waals surface area contributed by atoms with Crippen molar-refractivity contribution >= 4 is 11.5 Å². The molecule has 3 nitrogen and oxygen atoms in total. The third-order valence-corrected chi connectivity index (χ3v) is 2.53. The zero-order valence-electron chi connectivity index (χ0n) is 9.35. The van der Waals surface area contributed by atoms with Gasteiger partial charge >= 0.3 is 0 Å². The van der Waals surface area contributed by atoms with Gasteiger partial charge < -0.3 is 5.32 Å². The van der Waals surface area contributed by atoms with Crippen molar-refractivity contribution in [3.8, 4) is 12.3 Å². The Morgan fingerprint density at radius 1 is 1.56 bits per heavy atom. The predicted octanol–water partition coefficient (Wildman–Crippen LogP) is 2.55. The van der Waals surface area contributed by atoms with Gasteiger partial charge in [0.15, 0.2) is 0 Å². The van der Waals surface area contributed by atoms with Crippen molar-refractivity contribution in [2.75, 3.05) is 5.32 Å². The maximum atomic E-state index is 5.49. The summed E-state index contributed by atoms with van der Waals surface area (Å²) in [5.41, 5.74) is 0.928. The molecule has 0 amide bonds. The summed E-state index contributed by atoms with van der Waals surface area (Å²) in [6.07, 6.45) is 11.2. The average Bonchev–Trinajstić information content (AvgIpc) is 2.77. The van der Waals surface area contributed by atoms with E-state index < -0.39 is 0 Å². The van der Waals surface area contributed by atoms with E-state index in [-0.39, 0.29) is 6.04 Å². The molecule has 1 unspecified atom stereocenters. The number of hydrogen-bond donors (Lipinski definition) is 1. The highest BCUT2D eigenvalue weighted by atomic mass is 15.1. The molecule has 16 heavy (non-hydrogen) atoms.